The standard InChI is InChI=1S/C33H51N5O2S/c1-41(39,40)34-14-16-36-15-13-26(23-36)20-33-35-31-11-4-5-12-32(31)38(33)30-21-27-9-6-10-28(22-30)37(27)29-18-24-7-2-3-8-25(17-24)19-29/h4-5,11-12,24-30,34H,2-3,6-10,13-23H2,1H3/t24-,25+,26-,27-,28+,29+,30-/m0/s1. The number of piperidine rings is 2. The van der Waals surface area contributed by atoms with Gasteiger partial charge in [0.1, 0.15) is 5.82 Å². The van der Waals surface area contributed by atoms with E-state index in [1.54, 1.807) is 0 Å². The molecule has 7 nitrogen and oxygen atoms in total. The number of sulfonamides is 1. The molecule has 2 saturated carbocycles. The van der Waals surface area contributed by atoms with E-state index >= 15 is 0 Å². The first-order chi connectivity index (χ1) is 19.9. The van der Waals surface area contributed by atoms with Crippen LogP contribution in [-0.2, 0) is 16.4 Å². The maximum atomic E-state index is 11.5. The Kier molecular flexibility index (Phi) is 8.21. The van der Waals surface area contributed by atoms with Crippen molar-refractivity contribution in [2.45, 2.75) is 114 Å². The summed E-state index contributed by atoms with van der Waals surface area (Å²) in [6.07, 6.45) is 20.5. The first kappa shape index (κ1) is 28.3. The minimum atomic E-state index is -3.13. The zero-order chi connectivity index (χ0) is 28.0. The fourth-order valence-electron chi connectivity index (χ4n) is 9.88. The monoisotopic (exact) mass is 581 g/mol. The van der Waals surface area contributed by atoms with E-state index in [4.69, 9.17) is 4.98 Å². The lowest BCUT2D eigenvalue weighted by Crippen LogP contribution is -2.58. The van der Waals surface area contributed by atoms with Crippen molar-refractivity contribution < 1.29 is 8.42 Å². The average Bonchev–Trinajstić information content (AvgIpc) is 3.48. The molecule has 2 aromatic rings. The van der Waals surface area contributed by atoms with E-state index in [1.165, 1.54) is 94.6 Å². The number of hydrogen-bond acceptors (Lipinski definition) is 5. The van der Waals surface area contributed by atoms with Crippen LogP contribution in [0.4, 0.5) is 0 Å². The van der Waals surface area contributed by atoms with E-state index in [-0.39, 0.29) is 0 Å². The maximum Gasteiger partial charge on any atom is 0.208 e. The smallest absolute Gasteiger partial charge is 0.208 e. The van der Waals surface area contributed by atoms with Gasteiger partial charge in [-0.15, -0.1) is 0 Å². The Hall–Kier alpha value is -1.48. The second kappa shape index (κ2) is 11.9. The summed E-state index contributed by atoms with van der Waals surface area (Å²) >= 11 is 0. The first-order valence-corrected chi connectivity index (χ1v) is 18.7. The Labute approximate surface area is 247 Å². The van der Waals surface area contributed by atoms with E-state index in [0.717, 1.165) is 68.0 Å². The lowest BCUT2D eigenvalue weighted by Gasteiger charge is -2.54. The number of hydrogen-bond donors (Lipinski definition) is 1. The molecular weight excluding hydrogens is 530 g/mol. The van der Waals surface area contributed by atoms with E-state index in [9.17, 15) is 8.42 Å². The van der Waals surface area contributed by atoms with Crippen LogP contribution >= 0.6 is 0 Å². The van der Waals surface area contributed by atoms with Gasteiger partial charge in [0.25, 0.3) is 0 Å². The molecule has 1 aromatic carbocycles. The molecule has 0 amide bonds. The molecule has 0 spiro atoms. The van der Waals surface area contributed by atoms with Crippen molar-refractivity contribution in [1.82, 2.24) is 24.1 Å². The second-order valence-electron chi connectivity index (χ2n) is 14.4. The zero-order valence-electron chi connectivity index (χ0n) is 25.1. The molecule has 226 valence electrons. The van der Waals surface area contributed by atoms with Crippen LogP contribution in [0.2, 0.25) is 0 Å². The largest absolute Gasteiger partial charge is 0.325 e. The molecule has 3 saturated heterocycles. The van der Waals surface area contributed by atoms with Crippen molar-refractivity contribution in [3.63, 3.8) is 0 Å². The van der Waals surface area contributed by atoms with Crippen LogP contribution in [0.25, 0.3) is 11.0 Å². The van der Waals surface area contributed by atoms with Crippen LogP contribution in [0.3, 0.4) is 0 Å². The summed E-state index contributed by atoms with van der Waals surface area (Å²) in [6.45, 7) is 3.35. The van der Waals surface area contributed by atoms with Gasteiger partial charge in [-0.1, -0.05) is 44.2 Å². The van der Waals surface area contributed by atoms with Gasteiger partial charge in [0, 0.05) is 50.2 Å². The van der Waals surface area contributed by atoms with Crippen molar-refractivity contribution in [1.29, 1.82) is 0 Å². The van der Waals surface area contributed by atoms with Gasteiger partial charge in [0.15, 0.2) is 0 Å². The van der Waals surface area contributed by atoms with Crippen LogP contribution in [0.5, 0.6) is 0 Å². The molecular formula is C33H51N5O2S. The Morgan fingerprint density at radius 2 is 1.59 bits per heavy atom. The molecule has 1 N–H and O–H groups in total. The van der Waals surface area contributed by atoms with Crippen LogP contribution in [-0.4, -0.2) is 78.3 Å². The quantitative estimate of drug-likeness (QED) is 0.454. The Morgan fingerprint density at radius 1 is 0.854 bits per heavy atom. The SMILES string of the molecule is CS(=O)(=O)NCCN1CC[C@@H](Cc2nc3ccccc3n2[C@@H]2C[C@H]3CCC[C@@H](C2)N3[C@H]2C[C@@H]3CCCC[C@@H](C3)C2)C1. The number of imidazole rings is 1. The summed E-state index contributed by atoms with van der Waals surface area (Å²) in [6, 6.07) is 11.7. The lowest BCUT2D eigenvalue weighted by molar-refractivity contribution is -0.0420. The highest BCUT2D eigenvalue weighted by atomic mass is 32.2. The predicted molar refractivity (Wildman–Crippen MR) is 165 cm³/mol. The number of para-hydroxylation sites is 2. The van der Waals surface area contributed by atoms with Gasteiger partial charge in [0.05, 0.1) is 17.3 Å². The van der Waals surface area contributed by atoms with Gasteiger partial charge in [-0.3, -0.25) is 4.90 Å². The minimum Gasteiger partial charge on any atom is -0.325 e. The molecule has 7 atom stereocenters. The Bertz CT molecular complexity index is 1280. The highest BCUT2D eigenvalue weighted by molar-refractivity contribution is 7.88. The molecule has 5 aliphatic rings. The number of aromatic nitrogens is 2. The molecule has 0 radical (unpaired) electrons. The molecule has 7 rings (SSSR count). The molecule has 4 heterocycles. The van der Waals surface area contributed by atoms with Gasteiger partial charge in [-0.2, -0.15) is 0 Å². The van der Waals surface area contributed by atoms with Gasteiger partial charge in [-0.05, 0) is 87.8 Å². The van der Waals surface area contributed by atoms with Crippen LogP contribution < -0.4 is 4.72 Å². The third-order valence-corrected chi connectivity index (χ3v) is 12.2. The summed E-state index contributed by atoms with van der Waals surface area (Å²) in [4.78, 5) is 10.8. The van der Waals surface area contributed by atoms with Crippen molar-refractivity contribution in [2.75, 3.05) is 32.4 Å². The van der Waals surface area contributed by atoms with E-state index in [1.807, 2.05) is 0 Å². The zero-order valence-corrected chi connectivity index (χ0v) is 25.9. The van der Waals surface area contributed by atoms with Gasteiger partial charge in [0.2, 0.25) is 10.0 Å². The summed E-state index contributed by atoms with van der Waals surface area (Å²) in [5.41, 5.74) is 2.48. The molecule has 0 unspecified atom stereocenters. The van der Waals surface area contributed by atoms with E-state index in [0.29, 0.717) is 18.5 Å². The topological polar surface area (TPSA) is 70.5 Å². The van der Waals surface area contributed by atoms with Gasteiger partial charge in [-0.25, -0.2) is 18.1 Å². The lowest BCUT2D eigenvalue weighted by atomic mass is 9.73. The van der Waals surface area contributed by atoms with Crippen LogP contribution in [0, 0.1) is 17.8 Å². The van der Waals surface area contributed by atoms with Crippen molar-refractivity contribution in [3.05, 3.63) is 30.1 Å². The third-order valence-electron chi connectivity index (χ3n) is 11.4. The molecule has 41 heavy (non-hydrogen) atoms. The fraction of sp³-hybridized carbons (Fsp3) is 0.788. The summed E-state index contributed by atoms with van der Waals surface area (Å²) in [7, 11) is -3.13. The number of likely N-dealkylation sites (tertiary alicyclic amines) is 1. The highest BCUT2D eigenvalue weighted by Crippen LogP contribution is 2.47. The number of nitrogens with one attached hydrogen (secondary N) is 1. The molecule has 2 aliphatic carbocycles. The van der Waals surface area contributed by atoms with Crippen molar-refractivity contribution in [3.8, 4) is 0 Å². The van der Waals surface area contributed by atoms with Gasteiger partial charge >= 0.3 is 0 Å². The Balaban J connectivity index is 1.08. The van der Waals surface area contributed by atoms with Crippen molar-refractivity contribution >= 4 is 21.1 Å². The number of fused-ring (bicyclic) bond motifs is 5. The molecule has 1 aromatic heterocycles. The predicted octanol–water partition coefficient (Wildman–Crippen LogP) is 5.37. The molecule has 5 fully saturated rings. The summed E-state index contributed by atoms with van der Waals surface area (Å²) in [5.74, 6) is 3.83. The van der Waals surface area contributed by atoms with Crippen molar-refractivity contribution in [2.24, 2.45) is 17.8 Å². The summed E-state index contributed by atoms with van der Waals surface area (Å²) in [5, 5.41) is 0. The highest BCUT2D eigenvalue weighted by Gasteiger charge is 2.45. The number of benzene rings is 1. The molecule has 3 aliphatic heterocycles. The second-order valence-corrected chi connectivity index (χ2v) is 16.2. The number of nitrogens with zero attached hydrogens (tertiary/aromatic N) is 4. The molecule has 4 bridgehead atoms. The van der Waals surface area contributed by atoms with E-state index < -0.39 is 10.0 Å². The third kappa shape index (κ3) is 6.27. The normalized spacial score (nSPS) is 35.1. The fourth-order valence-corrected chi connectivity index (χ4v) is 10.3. The minimum absolute atomic E-state index is 0.494. The van der Waals surface area contributed by atoms with Crippen LogP contribution in [0.1, 0.15) is 95.3 Å². The summed E-state index contributed by atoms with van der Waals surface area (Å²) < 4.78 is 28.3. The average molecular weight is 582 g/mol. The Morgan fingerprint density at radius 3 is 2.32 bits per heavy atom. The van der Waals surface area contributed by atoms with E-state index in [2.05, 4.69) is 43.4 Å². The molecule has 8 heteroatoms. The maximum absolute atomic E-state index is 11.5. The number of rotatable bonds is 8. The van der Waals surface area contributed by atoms with Gasteiger partial charge < -0.3 is 9.47 Å². The van der Waals surface area contributed by atoms with Crippen LogP contribution in [0.15, 0.2) is 24.3 Å². The first-order valence-electron chi connectivity index (χ1n) is 16.8.